The van der Waals surface area contributed by atoms with Crippen LogP contribution in [0, 0.1) is 0 Å². The van der Waals surface area contributed by atoms with Gasteiger partial charge in [0.05, 0.1) is 7.11 Å². The molecule has 17 heavy (non-hydrogen) atoms. The first-order chi connectivity index (χ1) is 8.29. The van der Waals surface area contributed by atoms with Crippen molar-refractivity contribution in [2.75, 3.05) is 7.11 Å². The largest absolute Gasteiger partial charge is 0.497 e. The molecule has 3 nitrogen and oxygen atoms in total. The first kappa shape index (κ1) is 11.7. The van der Waals surface area contributed by atoms with E-state index in [1.54, 1.807) is 7.11 Å². The van der Waals surface area contributed by atoms with Crippen molar-refractivity contribution < 1.29 is 4.74 Å². The monoisotopic (exact) mass is 230 g/mol. The van der Waals surface area contributed by atoms with E-state index < -0.39 is 0 Å². The molecular weight excluding hydrogens is 212 g/mol. The first-order valence-corrected chi connectivity index (χ1v) is 5.78. The van der Waals surface area contributed by atoms with Gasteiger partial charge in [0.1, 0.15) is 5.75 Å². The average molecular weight is 230 g/mol. The van der Waals surface area contributed by atoms with Crippen LogP contribution in [-0.2, 0) is 6.54 Å². The number of aromatic amines is 1. The van der Waals surface area contributed by atoms with Crippen LogP contribution in [-0.4, -0.2) is 12.1 Å². The lowest BCUT2D eigenvalue weighted by atomic mass is 10.1. The Morgan fingerprint density at radius 1 is 1.24 bits per heavy atom. The van der Waals surface area contributed by atoms with E-state index in [0.717, 1.165) is 12.3 Å². The fourth-order valence-corrected chi connectivity index (χ4v) is 1.75. The molecule has 0 aliphatic rings. The summed E-state index contributed by atoms with van der Waals surface area (Å²) < 4.78 is 5.14. The molecule has 3 heteroatoms. The Labute approximate surface area is 102 Å². The summed E-state index contributed by atoms with van der Waals surface area (Å²) in [6.07, 6.45) is 3.95. The van der Waals surface area contributed by atoms with Crippen molar-refractivity contribution in [1.29, 1.82) is 0 Å². The normalized spacial score (nSPS) is 12.4. The molecule has 1 aromatic carbocycles. The average Bonchev–Trinajstić information content (AvgIpc) is 2.89. The van der Waals surface area contributed by atoms with Crippen molar-refractivity contribution in [3.8, 4) is 5.75 Å². The Bertz CT molecular complexity index is 434. The summed E-state index contributed by atoms with van der Waals surface area (Å²) in [5.41, 5.74) is 2.53. The number of ether oxygens (including phenoxy) is 1. The van der Waals surface area contributed by atoms with Crippen LogP contribution in [0.15, 0.2) is 42.7 Å². The number of methoxy groups -OCH3 is 1. The molecule has 0 aliphatic carbocycles. The van der Waals surface area contributed by atoms with Crippen LogP contribution >= 0.6 is 0 Å². The quantitative estimate of drug-likeness (QED) is 0.828. The van der Waals surface area contributed by atoms with E-state index in [2.05, 4.69) is 35.4 Å². The lowest BCUT2D eigenvalue weighted by molar-refractivity contribution is 0.414. The van der Waals surface area contributed by atoms with Gasteiger partial charge in [-0.05, 0) is 36.2 Å². The highest BCUT2D eigenvalue weighted by Gasteiger charge is 2.04. The molecule has 0 unspecified atom stereocenters. The number of nitrogens with one attached hydrogen (secondary N) is 2. The van der Waals surface area contributed by atoms with Crippen LogP contribution in [0.5, 0.6) is 5.75 Å². The number of hydrogen-bond acceptors (Lipinski definition) is 2. The minimum atomic E-state index is 0.329. The molecule has 0 saturated carbocycles. The molecule has 0 spiro atoms. The standard InChI is InChI=1S/C14H18N2O/c1-11(16-10-12-7-8-15-9-12)13-3-5-14(17-2)6-4-13/h3-9,11,15-16H,10H2,1-2H3/t11-/m0/s1. The summed E-state index contributed by atoms with van der Waals surface area (Å²) in [5.74, 6) is 0.895. The molecule has 0 aliphatic heterocycles. The molecule has 0 amide bonds. The SMILES string of the molecule is COc1ccc([C@H](C)NCc2cc[nH]c2)cc1. The molecule has 1 heterocycles. The Kier molecular flexibility index (Phi) is 3.83. The first-order valence-electron chi connectivity index (χ1n) is 5.78. The van der Waals surface area contributed by atoms with E-state index in [4.69, 9.17) is 4.74 Å². The van der Waals surface area contributed by atoms with Gasteiger partial charge < -0.3 is 15.0 Å². The van der Waals surface area contributed by atoms with Crippen molar-refractivity contribution >= 4 is 0 Å². The second-order valence-corrected chi connectivity index (χ2v) is 4.10. The van der Waals surface area contributed by atoms with E-state index in [-0.39, 0.29) is 0 Å². The summed E-state index contributed by atoms with van der Waals surface area (Å²) >= 11 is 0. The molecular formula is C14H18N2O. The van der Waals surface area contributed by atoms with Gasteiger partial charge in [-0.2, -0.15) is 0 Å². The molecule has 2 rings (SSSR count). The van der Waals surface area contributed by atoms with Gasteiger partial charge in [0, 0.05) is 25.0 Å². The van der Waals surface area contributed by atoms with Crippen LogP contribution < -0.4 is 10.1 Å². The molecule has 90 valence electrons. The van der Waals surface area contributed by atoms with Gasteiger partial charge in [0.15, 0.2) is 0 Å². The number of aromatic nitrogens is 1. The van der Waals surface area contributed by atoms with E-state index >= 15 is 0 Å². The Morgan fingerprint density at radius 3 is 2.59 bits per heavy atom. The summed E-state index contributed by atoms with van der Waals surface area (Å²) in [4.78, 5) is 3.05. The zero-order valence-electron chi connectivity index (χ0n) is 10.2. The number of rotatable bonds is 5. The van der Waals surface area contributed by atoms with Gasteiger partial charge in [-0.25, -0.2) is 0 Å². The second kappa shape index (κ2) is 5.55. The minimum absolute atomic E-state index is 0.329. The van der Waals surface area contributed by atoms with E-state index in [0.29, 0.717) is 6.04 Å². The second-order valence-electron chi connectivity index (χ2n) is 4.10. The summed E-state index contributed by atoms with van der Waals surface area (Å²) in [6, 6.07) is 10.6. The van der Waals surface area contributed by atoms with Crippen LogP contribution in [0.1, 0.15) is 24.1 Å². The highest BCUT2D eigenvalue weighted by atomic mass is 16.5. The lowest BCUT2D eigenvalue weighted by Crippen LogP contribution is -2.17. The maximum Gasteiger partial charge on any atom is 0.118 e. The highest BCUT2D eigenvalue weighted by Crippen LogP contribution is 2.17. The predicted octanol–water partition coefficient (Wildman–Crippen LogP) is 2.87. The van der Waals surface area contributed by atoms with Gasteiger partial charge in [0.2, 0.25) is 0 Å². The van der Waals surface area contributed by atoms with Crippen molar-refractivity contribution in [2.24, 2.45) is 0 Å². The van der Waals surface area contributed by atoms with Crippen molar-refractivity contribution in [3.63, 3.8) is 0 Å². The summed E-state index contributed by atoms with van der Waals surface area (Å²) in [7, 11) is 1.68. The predicted molar refractivity (Wildman–Crippen MR) is 69.0 cm³/mol. The van der Waals surface area contributed by atoms with Crippen molar-refractivity contribution in [1.82, 2.24) is 10.3 Å². The number of H-pyrrole nitrogens is 1. The third kappa shape index (κ3) is 3.11. The zero-order chi connectivity index (χ0) is 12.1. The van der Waals surface area contributed by atoms with Crippen molar-refractivity contribution in [2.45, 2.75) is 19.5 Å². The van der Waals surface area contributed by atoms with Gasteiger partial charge >= 0.3 is 0 Å². The smallest absolute Gasteiger partial charge is 0.118 e. The molecule has 2 N–H and O–H groups in total. The fourth-order valence-electron chi connectivity index (χ4n) is 1.75. The number of benzene rings is 1. The van der Waals surface area contributed by atoms with E-state index in [1.165, 1.54) is 11.1 Å². The maximum absolute atomic E-state index is 5.14. The summed E-state index contributed by atoms with van der Waals surface area (Å²) in [5, 5.41) is 3.48. The fraction of sp³-hybridized carbons (Fsp3) is 0.286. The molecule has 0 saturated heterocycles. The maximum atomic E-state index is 5.14. The van der Waals surface area contributed by atoms with Gasteiger partial charge in [-0.15, -0.1) is 0 Å². The van der Waals surface area contributed by atoms with Crippen LogP contribution in [0.4, 0.5) is 0 Å². The third-order valence-electron chi connectivity index (χ3n) is 2.89. The summed E-state index contributed by atoms with van der Waals surface area (Å²) in [6.45, 7) is 3.03. The van der Waals surface area contributed by atoms with Crippen LogP contribution in [0.2, 0.25) is 0 Å². The van der Waals surface area contributed by atoms with Gasteiger partial charge in [-0.3, -0.25) is 0 Å². The van der Waals surface area contributed by atoms with Crippen LogP contribution in [0.3, 0.4) is 0 Å². The Morgan fingerprint density at radius 2 is 2.00 bits per heavy atom. The molecule has 0 fully saturated rings. The minimum Gasteiger partial charge on any atom is -0.497 e. The van der Waals surface area contributed by atoms with Crippen LogP contribution in [0.25, 0.3) is 0 Å². The molecule has 1 aromatic heterocycles. The number of hydrogen-bond donors (Lipinski definition) is 2. The van der Waals surface area contributed by atoms with Gasteiger partial charge in [-0.1, -0.05) is 12.1 Å². The third-order valence-corrected chi connectivity index (χ3v) is 2.89. The lowest BCUT2D eigenvalue weighted by Gasteiger charge is -2.14. The zero-order valence-corrected chi connectivity index (χ0v) is 10.2. The van der Waals surface area contributed by atoms with Gasteiger partial charge in [0.25, 0.3) is 0 Å². The highest BCUT2D eigenvalue weighted by molar-refractivity contribution is 5.28. The Hall–Kier alpha value is -1.74. The molecule has 0 bridgehead atoms. The Balaban J connectivity index is 1.92. The van der Waals surface area contributed by atoms with Crippen molar-refractivity contribution in [3.05, 3.63) is 53.9 Å². The van der Waals surface area contributed by atoms with E-state index in [1.807, 2.05) is 24.5 Å². The molecule has 1 atom stereocenters. The van der Waals surface area contributed by atoms with E-state index in [9.17, 15) is 0 Å². The molecule has 0 radical (unpaired) electrons. The topological polar surface area (TPSA) is 37.0 Å². The molecule has 2 aromatic rings.